The van der Waals surface area contributed by atoms with Crippen LogP contribution in [-0.2, 0) is 0 Å². The number of H-pyrrole nitrogens is 1. The molecule has 2 atom stereocenters. The normalized spacial score (nSPS) is 16.0. The van der Waals surface area contributed by atoms with Gasteiger partial charge in [-0.05, 0) is 41.5 Å². The molecule has 1 aromatic heterocycles. The first-order chi connectivity index (χ1) is 22.0. The maximum absolute atomic E-state index is 14.7. The molecule has 1 amide bonds. The standard InChI is InChI=1S/C38H26BrN3O3/c39-28-21-22-30-29(23-28)31(24-13-5-1-6-14-24)32(37(44)40-30)34-33(36(43)26-17-9-3-10-18-26)35(25-15-7-2-8-16-25)42(41-34)38(45)27-19-11-4-12-20-27/h1-23,33,35H,(H,40,44). The molecule has 218 valence electrons. The number of nitrogens with one attached hydrogen (secondary N) is 1. The topological polar surface area (TPSA) is 82.6 Å². The van der Waals surface area contributed by atoms with E-state index in [0.29, 0.717) is 22.2 Å². The van der Waals surface area contributed by atoms with Crippen LogP contribution >= 0.6 is 15.9 Å². The van der Waals surface area contributed by atoms with Gasteiger partial charge in [-0.3, -0.25) is 14.4 Å². The van der Waals surface area contributed by atoms with Crippen molar-refractivity contribution in [2.45, 2.75) is 6.04 Å². The summed E-state index contributed by atoms with van der Waals surface area (Å²) in [5.41, 5.74) is 3.80. The highest BCUT2D eigenvalue weighted by Gasteiger charge is 2.47. The van der Waals surface area contributed by atoms with Crippen molar-refractivity contribution < 1.29 is 9.59 Å². The van der Waals surface area contributed by atoms with Gasteiger partial charge in [-0.2, -0.15) is 5.10 Å². The third-order valence-corrected chi connectivity index (χ3v) is 8.59. The second kappa shape index (κ2) is 11.9. The van der Waals surface area contributed by atoms with Gasteiger partial charge in [0.25, 0.3) is 11.5 Å². The SMILES string of the molecule is O=C(c1ccccc1)C1C(c2c(-c3ccccc3)c3cc(Br)ccc3[nH]c2=O)=NN(C(=O)c2ccccc2)C1c1ccccc1. The number of hydrogen-bond acceptors (Lipinski definition) is 4. The number of benzene rings is 5. The summed E-state index contributed by atoms with van der Waals surface area (Å²) in [6.45, 7) is 0. The van der Waals surface area contributed by atoms with Gasteiger partial charge in [-0.25, -0.2) is 5.01 Å². The Balaban J connectivity index is 1.55. The number of rotatable bonds is 6. The number of hydrogen-bond donors (Lipinski definition) is 1. The van der Waals surface area contributed by atoms with Gasteiger partial charge in [0.2, 0.25) is 0 Å². The van der Waals surface area contributed by atoms with Crippen molar-refractivity contribution in [1.29, 1.82) is 0 Å². The summed E-state index contributed by atoms with van der Waals surface area (Å²) < 4.78 is 0.832. The highest BCUT2D eigenvalue weighted by Crippen LogP contribution is 2.43. The molecule has 0 spiro atoms. The van der Waals surface area contributed by atoms with Crippen molar-refractivity contribution >= 4 is 44.2 Å². The van der Waals surface area contributed by atoms with Crippen molar-refractivity contribution in [3.63, 3.8) is 0 Å². The highest BCUT2D eigenvalue weighted by atomic mass is 79.9. The minimum absolute atomic E-state index is 0.237. The van der Waals surface area contributed by atoms with E-state index in [-0.39, 0.29) is 23.0 Å². The van der Waals surface area contributed by atoms with Crippen molar-refractivity contribution in [1.82, 2.24) is 9.99 Å². The lowest BCUT2D eigenvalue weighted by molar-refractivity contribution is 0.0666. The van der Waals surface area contributed by atoms with E-state index in [2.05, 4.69) is 20.9 Å². The fourth-order valence-electron chi connectivity index (χ4n) is 6.07. The molecule has 1 aliphatic heterocycles. The molecule has 45 heavy (non-hydrogen) atoms. The zero-order valence-electron chi connectivity index (χ0n) is 23.9. The van der Waals surface area contributed by atoms with Crippen LogP contribution in [0.25, 0.3) is 22.0 Å². The molecule has 0 radical (unpaired) electrons. The second-order valence-corrected chi connectivity index (χ2v) is 11.7. The number of fused-ring (bicyclic) bond motifs is 1. The summed E-state index contributed by atoms with van der Waals surface area (Å²) in [7, 11) is 0. The van der Waals surface area contributed by atoms with Crippen LogP contribution in [0.3, 0.4) is 0 Å². The first-order valence-electron chi connectivity index (χ1n) is 14.5. The second-order valence-electron chi connectivity index (χ2n) is 10.8. The highest BCUT2D eigenvalue weighted by molar-refractivity contribution is 9.10. The third kappa shape index (κ3) is 5.21. The number of carbonyl (C=O) groups is 2. The number of ketones is 1. The van der Waals surface area contributed by atoms with Crippen molar-refractivity contribution in [3.8, 4) is 11.1 Å². The molecule has 7 rings (SSSR count). The number of Topliss-reactive ketones (excluding diaryl/α,β-unsaturated/α-hetero) is 1. The molecule has 0 aliphatic carbocycles. The molecule has 2 unspecified atom stereocenters. The average molecular weight is 653 g/mol. The zero-order valence-corrected chi connectivity index (χ0v) is 25.5. The third-order valence-electron chi connectivity index (χ3n) is 8.09. The molecular formula is C38H26BrN3O3. The van der Waals surface area contributed by atoms with Gasteiger partial charge >= 0.3 is 0 Å². The van der Waals surface area contributed by atoms with Gasteiger partial charge in [-0.1, -0.05) is 125 Å². The molecule has 1 N–H and O–H groups in total. The van der Waals surface area contributed by atoms with E-state index in [1.54, 1.807) is 48.5 Å². The molecule has 5 aromatic carbocycles. The summed E-state index contributed by atoms with van der Waals surface area (Å²) in [5.74, 6) is -1.58. The molecule has 6 nitrogen and oxygen atoms in total. The van der Waals surface area contributed by atoms with E-state index in [1.807, 2.05) is 91.0 Å². The Hall–Kier alpha value is -5.40. The van der Waals surface area contributed by atoms with Crippen LogP contribution in [0.15, 0.2) is 154 Å². The molecule has 0 saturated carbocycles. The van der Waals surface area contributed by atoms with Crippen LogP contribution in [0.5, 0.6) is 0 Å². The molecule has 0 bridgehead atoms. The van der Waals surface area contributed by atoms with Crippen LogP contribution in [0.2, 0.25) is 0 Å². The maximum Gasteiger partial charge on any atom is 0.274 e. The van der Waals surface area contributed by atoms with Gasteiger partial charge in [0.1, 0.15) is 0 Å². The lowest BCUT2D eigenvalue weighted by atomic mass is 9.80. The van der Waals surface area contributed by atoms with Crippen LogP contribution in [0.4, 0.5) is 0 Å². The Morgan fingerprint density at radius 2 is 1.27 bits per heavy atom. The fourth-order valence-corrected chi connectivity index (χ4v) is 6.43. The molecular weight excluding hydrogens is 626 g/mol. The van der Waals surface area contributed by atoms with E-state index in [9.17, 15) is 14.4 Å². The Kier molecular flexibility index (Phi) is 7.53. The minimum Gasteiger partial charge on any atom is -0.321 e. The van der Waals surface area contributed by atoms with E-state index >= 15 is 0 Å². The number of hydrazone groups is 1. The van der Waals surface area contributed by atoms with E-state index in [4.69, 9.17) is 5.10 Å². The Morgan fingerprint density at radius 1 is 0.689 bits per heavy atom. The monoisotopic (exact) mass is 651 g/mol. The van der Waals surface area contributed by atoms with Crippen LogP contribution < -0.4 is 5.56 Å². The number of nitrogens with zero attached hydrogens (tertiary/aromatic N) is 2. The summed E-state index contributed by atoms with van der Waals surface area (Å²) in [6.07, 6.45) is 0. The van der Waals surface area contributed by atoms with Crippen molar-refractivity contribution in [2.24, 2.45) is 11.0 Å². The molecule has 0 fully saturated rings. The lowest BCUT2D eigenvalue weighted by Gasteiger charge is -2.27. The van der Waals surface area contributed by atoms with Gasteiger partial charge in [0.05, 0.1) is 23.2 Å². The largest absolute Gasteiger partial charge is 0.321 e. The number of aromatic nitrogens is 1. The molecule has 2 heterocycles. The Morgan fingerprint density at radius 3 is 1.91 bits per heavy atom. The zero-order chi connectivity index (χ0) is 30.9. The summed E-state index contributed by atoms with van der Waals surface area (Å²) in [6, 6.07) is 41.7. The van der Waals surface area contributed by atoms with Crippen molar-refractivity contribution in [3.05, 3.63) is 177 Å². The first kappa shape index (κ1) is 28.4. The number of halogens is 1. The number of pyridine rings is 1. The lowest BCUT2D eigenvalue weighted by Crippen LogP contribution is -2.36. The molecule has 0 saturated heterocycles. The summed E-state index contributed by atoms with van der Waals surface area (Å²) >= 11 is 3.60. The predicted octanol–water partition coefficient (Wildman–Crippen LogP) is 8.06. The minimum atomic E-state index is -0.976. The fraction of sp³-hybridized carbons (Fsp3) is 0.0526. The van der Waals surface area contributed by atoms with Gasteiger partial charge in [0.15, 0.2) is 5.78 Å². The van der Waals surface area contributed by atoms with E-state index < -0.39 is 17.5 Å². The maximum atomic E-state index is 14.7. The summed E-state index contributed by atoms with van der Waals surface area (Å²) in [4.78, 5) is 46.1. The Labute approximate surface area is 267 Å². The van der Waals surface area contributed by atoms with Gasteiger partial charge in [-0.15, -0.1) is 0 Å². The smallest absolute Gasteiger partial charge is 0.274 e. The molecule has 1 aliphatic rings. The van der Waals surface area contributed by atoms with Crippen LogP contribution in [0.1, 0.15) is 37.9 Å². The number of amides is 1. The summed E-state index contributed by atoms with van der Waals surface area (Å²) in [5, 5.41) is 7.10. The van der Waals surface area contributed by atoms with E-state index in [1.165, 1.54) is 5.01 Å². The predicted molar refractivity (Wildman–Crippen MR) is 180 cm³/mol. The van der Waals surface area contributed by atoms with E-state index in [0.717, 1.165) is 21.0 Å². The quantitative estimate of drug-likeness (QED) is 0.185. The van der Waals surface area contributed by atoms with Gasteiger partial charge < -0.3 is 4.98 Å². The van der Waals surface area contributed by atoms with Crippen LogP contribution in [0, 0.1) is 5.92 Å². The number of carbonyl (C=O) groups excluding carboxylic acids is 2. The number of aromatic amines is 1. The van der Waals surface area contributed by atoms with Gasteiger partial charge in [0, 0.05) is 32.1 Å². The molecule has 7 heteroatoms. The van der Waals surface area contributed by atoms with Crippen LogP contribution in [-0.4, -0.2) is 27.4 Å². The Bertz CT molecular complexity index is 2130. The first-order valence-corrected chi connectivity index (χ1v) is 15.3. The molecule has 6 aromatic rings. The van der Waals surface area contributed by atoms with Crippen molar-refractivity contribution in [2.75, 3.05) is 0 Å². The average Bonchev–Trinajstić information content (AvgIpc) is 3.49.